The van der Waals surface area contributed by atoms with Crippen molar-refractivity contribution in [1.82, 2.24) is 14.8 Å². The molecule has 1 aliphatic rings. The molecule has 0 saturated heterocycles. The van der Waals surface area contributed by atoms with E-state index in [4.69, 9.17) is 4.74 Å². The van der Waals surface area contributed by atoms with Crippen molar-refractivity contribution in [1.29, 1.82) is 0 Å². The normalized spacial score (nSPS) is 13.3. The number of pyridine rings is 1. The Kier molecular flexibility index (Phi) is 5.03. The summed E-state index contributed by atoms with van der Waals surface area (Å²) in [6, 6.07) is 5.25. The molecule has 1 amide bonds. The summed E-state index contributed by atoms with van der Waals surface area (Å²) in [5.41, 5.74) is 2.70. The van der Waals surface area contributed by atoms with Crippen LogP contribution in [0, 0.1) is 5.92 Å². The van der Waals surface area contributed by atoms with E-state index in [-0.39, 0.29) is 17.4 Å². The van der Waals surface area contributed by atoms with Crippen molar-refractivity contribution in [3.63, 3.8) is 0 Å². The number of aromatic nitrogens is 3. The fourth-order valence-corrected chi connectivity index (χ4v) is 3.48. The average Bonchev–Trinajstić information content (AvgIpc) is 3.52. The summed E-state index contributed by atoms with van der Waals surface area (Å²) in [5.74, 6) is -0.327. The number of hydrogen-bond donors (Lipinski definition) is 3. The molecule has 0 bridgehead atoms. The zero-order valence-electron chi connectivity index (χ0n) is 17.0. The molecule has 3 N–H and O–H groups in total. The lowest BCUT2D eigenvalue weighted by Gasteiger charge is -2.15. The van der Waals surface area contributed by atoms with Crippen molar-refractivity contribution < 1.29 is 19.4 Å². The van der Waals surface area contributed by atoms with E-state index in [9.17, 15) is 14.7 Å². The minimum Gasteiger partial charge on any atom is -0.494 e. The molecule has 4 rings (SSSR count). The number of carbonyl (C=O) groups is 2. The number of carbonyl (C=O) groups excluding carboxylic acids is 1. The molecule has 9 heteroatoms. The number of aryl methyl sites for hydroxylation is 2. The van der Waals surface area contributed by atoms with Crippen LogP contribution >= 0.6 is 0 Å². The Balaban J connectivity index is 1.76. The van der Waals surface area contributed by atoms with E-state index in [0.717, 1.165) is 35.9 Å². The van der Waals surface area contributed by atoms with Gasteiger partial charge in [0, 0.05) is 25.2 Å². The molecule has 3 aromatic rings. The first-order chi connectivity index (χ1) is 14.4. The van der Waals surface area contributed by atoms with Gasteiger partial charge in [0.05, 0.1) is 35.1 Å². The average molecular weight is 409 g/mol. The molecule has 0 atom stereocenters. The van der Waals surface area contributed by atoms with Crippen molar-refractivity contribution >= 4 is 40.0 Å². The summed E-state index contributed by atoms with van der Waals surface area (Å²) < 4.78 is 7.47. The Morgan fingerprint density at radius 1 is 1.30 bits per heavy atom. The molecule has 0 radical (unpaired) electrons. The fourth-order valence-electron chi connectivity index (χ4n) is 3.48. The maximum atomic E-state index is 12.1. The van der Waals surface area contributed by atoms with Gasteiger partial charge in [-0.05, 0) is 31.4 Å². The molecule has 9 nitrogen and oxygen atoms in total. The van der Waals surface area contributed by atoms with Crippen molar-refractivity contribution in [3.8, 4) is 5.75 Å². The maximum Gasteiger partial charge on any atom is 0.339 e. The highest BCUT2D eigenvalue weighted by Gasteiger charge is 2.30. The van der Waals surface area contributed by atoms with Gasteiger partial charge < -0.3 is 20.5 Å². The topological polar surface area (TPSA) is 118 Å². The number of rotatable bonds is 7. The molecule has 1 fully saturated rings. The second-order valence-corrected chi connectivity index (χ2v) is 7.27. The van der Waals surface area contributed by atoms with Gasteiger partial charge in [-0.15, -0.1) is 0 Å². The minimum atomic E-state index is -1.12. The van der Waals surface area contributed by atoms with Crippen LogP contribution in [0.1, 0.15) is 35.8 Å². The zero-order valence-corrected chi connectivity index (χ0v) is 17.0. The molecule has 156 valence electrons. The summed E-state index contributed by atoms with van der Waals surface area (Å²) in [7, 11) is 3.44. The monoisotopic (exact) mass is 409 g/mol. The first kappa shape index (κ1) is 19.7. The third kappa shape index (κ3) is 3.54. The maximum absolute atomic E-state index is 12.1. The van der Waals surface area contributed by atoms with E-state index in [1.165, 1.54) is 12.3 Å². The number of amides is 1. The summed E-state index contributed by atoms with van der Waals surface area (Å²) in [5, 5.41) is 20.9. The molecule has 0 unspecified atom stereocenters. The number of ether oxygens (including phenoxy) is 1. The van der Waals surface area contributed by atoms with E-state index in [2.05, 4.69) is 20.7 Å². The third-order valence-corrected chi connectivity index (χ3v) is 5.19. The Morgan fingerprint density at radius 3 is 2.70 bits per heavy atom. The number of carboxylic acid groups (broad SMARTS) is 1. The van der Waals surface area contributed by atoms with Crippen LogP contribution in [-0.4, -0.2) is 38.9 Å². The molecule has 30 heavy (non-hydrogen) atoms. The van der Waals surface area contributed by atoms with Crippen molar-refractivity contribution in [2.24, 2.45) is 13.0 Å². The number of fused-ring (bicyclic) bond motifs is 1. The van der Waals surface area contributed by atoms with Gasteiger partial charge in [0.2, 0.25) is 5.91 Å². The predicted octanol–water partition coefficient (Wildman–Crippen LogP) is 3.33. The Hall–Kier alpha value is -3.62. The second-order valence-electron chi connectivity index (χ2n) is 7.27. The van der Waals surface area contributed by atoms with Crippen LogP contribution in [0.4, 0.5) is 17.2 Å². The lowest BCUT2D eigenvalue weighted by Crippen LogP contribution is -2.15. The molecule has 1 aromatic carbocycles. The molecule has 2 heterocycles. The van der Waals surface area contributed by atoms with Gasteiger partial charge in [-0.1, -0.05) is 6.92 Å². The van der Waals surface area contributed by atoms with Gasteiger partial charge in [0.25, 0.3) is 0 Å². The number of hydrogen-bond acceptors (Lipinski definition) is 6. The van der Waals surface area contributed by atoms with Crippen LogP contribution in [0.2, 0.25) is 0 Å². The van der Waals surface area contributed by atoms with Crippen LogP contribution in [0.5, 0.6) is 5.75 Å². The van der Waals surface area contributed by atoms with Gasteiger partial charge in [-0.3, -0.25) is 9.48 Å². The van der Waals surface area contributed by atoms with Crippen LogP contribution < -0.4 is 15.4 Å². The Morgan fingerprint density at radius 2 is 2.07 bits per heavy atom. The smallest absolute Gasteiger partial charge is 0.339 e. The van der Waals surface area contributed by atoms with Crippen LogP contribution in [0.25, 0.3) is 10.9 Å². The highest BCUT2D eigenvalue weighted by Crippen LogP contribution is 2.38. The number of methoxy groups -OCH3 is 1. The highest BCUT2D eigenvalue weighted by molar-refractivity contribution is 6.00. The molecular weight excluding hydrogens is 386 g/mol. The van der Waals surface area contributed by atoms with Crippen LogP contribution in [-0.2, 0) is 18.3 Å². The molecule has 0 aliphatic heterocycles. The standard InChI is InChI=1S/C21H23N5O4/c1-4-13-18-16(26(2)25-13)8-7-14(19(18)30-3)23-15-9-17(22-10-12(15)21(28)29)24-20(27)11-5-6-11/h7-11H,4-6H2,1-3H3,(H,28,29)(H2,22,23,24,27). The van der Waals surface area contributed by atoms with Gasteiger partial charge in [0.1, 0.15) is 11.4 Å². The lowest BCUT2D eigenvalue weighted by atomic mass is 10.1. The van der Waals surface area contributed by atoms with E-state index in [0.29, 0.717) is 22.9 Å². The largest absolute Gasteiger partial charge is 0.494 e. The summed E-state index contributed by atoms with van der Waals surface area (Å²) in [4.78, 5) is 27.9. The molecule has 0 spiro atoms. The first-order valence-corrected chi connectivity index (χ1v) is 9.76. The summed E-state index contributed by atoms with van der Waals surface area (Å²) >= 11 is 0. The van der Waals surface area contributed by atoms with Crippen molar-refractivity contribution in [2.75, 3.05) is 17.7 Å². The van der Waals surface area contributed by atoms with Gasteiger partial charge >= 0.3 is 5.97 Å². The van der Waals surface area contributed by atoms with Gasteiger partial charge in [-0.2, -0.15) is 5.10 Å². The molecular formula is C21H23N5O4. The van der Waals surface area contributed by atoms with E-state index >= 15 is 0 Å². The molecule has 1 aliphatic carbocycles. The Labute approximate surface area is 173 Å². The number of benzene rings is 1. The number of nitrogens with one attached hydrogen (secondary N) is 2. The number of carboxylic acids is 1. The van der Waals surface area contributed by atoms with E-state index in [1.807, 2.05) is 26.1 Å². The molecule has 2 aromatic heterocycles. The van der Waals surface area contributed by atoms with E-state index < -0.39 is 5.97 Å². The summed E-state index contributed by atoms with van der Waals surface area (Å²) in [6.45, 7) is 2.02. The number of anilines is 3. The van der Waals surface area contributed by atoms with Crippen LogP contribution in [0.15, 0.2) is 24.4 Å². The van der Waals surface area contributed by atoms with E-state index in [1.54, 1.807) is 11.8 Å². The lowest BCUT2D eigenvalue weighted by molar-refractivity contribution is -0.117. The van der Waals surface area contributed by atoms with Gasteiger partial charge in [-0.25, -0.2) is 9.78 Å². The van der Waals surface area contributed by atoms with Crippen molar-refractivity contribution in [2.45, 2.75) is 26.2 Å². The quantitative estimate of drug-likeness (QED) is 0.548. The predicted molar refractivity (Wildman–Crippen MR) is 112 cm³/mol. The highest BCUT2D eigenvalue weighted by atomic mass is 16.5. The van der Waals surface area contributed by atoms with Gasteiger partial charge in [0.15, 0.2) is 5.75 Å². The number of nitrogens with zero attached hydrogens (tertiary/aromatic N) is 3. The fraction of sp³-hybridized carbons (Fsp3) is 0.333. The van der Waals surface area contributed by atoms with Crippen molar-refractivity contribution in [3.05, 3.63) is 35.7 Å². The Bertz CT molecular complexity index is 1150. The third-order valence-electron chi connectivity index (χ3n) is 5.19. The zero-order chi connectivity index (χ0) is 21.4. The first-order valence-electron chi connectivity index (χ1n) is 9.76. The SMILES string of the molecule is CCc1nn(C)c2ccc(Nc3cc(NC(=O)C4CC4)ncc3C(=O)O)c(OC)c12. The number of aromatic carboxylic acids is 1. The molecule has 1 saturated carbocycles. The van der Waals surface area contributed by atoms with Crippen LogP contribution in [0.3, 0.4) is 0 Å². The summed E-state index contributed by atoms with van der Waals surface area (Å²) in [6.07, 6.45) is 3.70. The second kappa shape index (κ2) is 7.66. The minimum absolute atomic E-state index is 0.0107.